The zero-order chi connectivity index (χ0) is 7.14. The molecule has 2 bridgehead atoms. The molecule has 0 aromatic rings. The molecular weight excluding hydrogens is 128 g/mol. The van der Waals surface area contributed by atoms with Crippen LogP contribution in [0.5, 0.6) is 0 Å². The van der Waals surface area contributed by atoms with Gasteiger partial charge in [-0.2, -0.15) is 0 Å². The topological polar surface area (TPSA) is 37.3 Å². The first kappa shape index (κ1) is 6.35. The maximum atomic E-state index is 11.2. The fraction of sp³-hybridized carbons (Fsp3) is 0.875. The Morgan fingerprint density at radius 3 is 2.60 bits per heavy atom. The maximum Gasteiger partial charge on any atom is 0.141 e. The van der Waals surface area contributed by atoms with Gasteiger partial charge in [-0.15, -0.1) is 0 Å². The summed E-state index contributed by atoms with van der Waals surface area (Å²) in [5, 5.41) is 9.35. The fourth-order valence-electron chi connectivity index (χ4n) is 2.21. The average molecular weight is 140 g/mol. The molecule has 0 saturated heterocycles. The number of carbonyl (C=O) groups excluding carboxylic acids is 1. The molecule has 1 unspecified atom stereocenters. The predicted molar refractivity (Wildman–Crippen MR) is 36.5 cm³/mol. The third kappa shape index (κ3) is 0.717. The first-order chi connectivity index (χ1) is 4.79. The average Bonchev–Trinajstić information content (AvgIpc) is 2.13. The Morgan fingerprint density at radius 1 is 1.20 bits per heavy atom. The molecule has 0 aromatic carbocycles. The lowest BCUT2D eigenvalue weighted by Gasteiger charge is -2.22. The second kappa shape index (κ2) is 2.06. The number of aliphatic hydroxyl groups excluding tert-OH is 1. The lowest BCUT2D eigenvalue weighted by molar-refractivity contribution is -0.129. The van der Waals surface area contributed by atoms with Crippen LogP contribution in [-0.4, -0.2) is 17.0 Å². The van der Waals surface area contributed by atoms with Gasteiger partial charge in [0.15, 0.2) is 0 Å². The molecule has 0 spiro atoms. The van der Waals surface area contributed by atoms with E-state index in [0.29, 0.717) is 11.7 Å². The highest BCUT2D eigenvalue weighted by Crippen LogP contribution is 2.38. The Hall–Kier alpha value is -0.370. The van der Waals surface area contributed by atoms with Crippen molar-refractivity contribution < 1.29 is 9.90 Å². The number of Topliss-reactive ketones (excluding diaryl/α,β-unsaturated/α-hetero) is 1. The molecule has 2 rings (SSSR count). The van der Waals surface area contributed by atoms with Crippen molar-refractivity contribution in [1.82, 2.24) is 0 Å². The number of rotatable bonds is 0. The van der Waals surface area contributed by atoms with E-state index in [1.807, 2.05) is 0 Å². The Kier molecular flexibility index (Phi) is 1.31. The van der Waals surface area contributed by atoms with Crippen LogP contribution in [0.15, 0.2) is 0 Å². The second-order valence-corrected chi connectivity index (χ2v) is 3.43. The number of hydrogen-bond donors (Lipinski definition) is 1. The second-order valence-electron chi connectivity index (χ2n) is 3.43. The van der Waals surface area contributed by atoms with Crippen molar-refractivity contribution in [1.29, 1.82) is 0 Å². The Morgan fingerprint density at radius 2 is 1.90 bits per heavy atom. The van der Waals surface area contributed by atoms with E-state index in [9.17, 15) is 9.90 Å². The molecule has 0 amide bonds. The predicted octanol–water partition coefficient (Wildman–Crippen LogP) is 0.736. The van der Waals surface area contributed by atoms with Crippen molar-refractivity contribution in [3.05, 3.63) is 0 Å². The molecule has 56 valence electrons. The van der Waals surface area contributed by atoms with E-state index >= 15 is 0 Å². The van der Waals surface area contributed by atoms with Crippen LogP contribution in [0, 0.1) is 11.8 Å². The minimum atomic E-state index is -0.314. The van der Waals surface area contributed by atoms with Gasteiger partial charge in [0.25, 0.3) is 0 Å². The zero-order valence-electron chi connectivity index (χ0n) is 5.92. The van der Waals surface area contributed by atoms with Gasteiger partial charge in [-0.1, -0.05) is 0 Å². The highest BCUT2D eigenvalue weighted by atomic mass is 16.3. The van der Waals surface area contributed by atoms with E-state index in [1.165, 1.54) is 0 Å². The van der Waals surface area contributed by atoms with E-state index in [4.69, 9.17) is 0 Å². The molecule has 1 N–H and O–H groups in total. The minimum Gasteiger partial charge on any atom is -0.392 e. The van der Waals surface area contributed by atoms with Gasteiger partial charge < -0.3 is 5.11 Å². The number of hydrogen-bond acceptors (Lipinski definition) is 2. The van der Waals surface area contributed by atoms with Gasteiger partial charge in [-0.25, -0.2) is 0 Å². The number of aliphatic hydroxyl groups is 1. The molecule has 3 atom stereocenters. The van der Waals surface area contributed by atoms with Crippen molar-refractivity contribution in [3.63, 3.8) is 0 Å². The molecule has 0 aromatic heterocycles. The van der Waals surface area contributed by atoms with Crippen molar-refractivity contribution in [2.24, 2.45) is 11.8 Å². The zero-order valence-corrected chi connectivity index (χ0v) is 5.92. The van der Waals surface area contributed by atoms with Crippen LogP contribution in [0.1, 0.15) is 25.7 Å². The van der Waals surface area contributed by atoms with E-state index < -0.39 is 0 Å². The van der Waals surface area contributed by atoms with E-state index in [2.05, 4.69) is 0 Å². The third-order valence-corrected chi connectivity index (χ3v) is 2.87. The molecule has 2 fully saturated rings. The summed E-state index contributed by atoms with van der Waals surface area (Å²) in [4.78, 5) is 11.2. The molecule has 2 saturated carbocycles. The normalized spacial score (nSPS) is 46.1. The van der Waals surface area contributed by atoms with E-state index in [-0.39, 0.29) is 12.0 Å². The molecular formula is C8H12O2. The molecule has 2 heteroatoms. The molecule has 2 aliphatic carbocycles. The number of fused-ring (bicyclic) bond motifs is 2. The summed E-state index contributed by atoms with van der Waals surface area (Å²) in [5.74, 6) is 0.658. The van der Waals surface area contributed by atoms with E-state index in [0.717, 1.165) is 25.7 Å². The molecule has 0 radical (unpaired) electrons. The minimum absolute atomic E-state index is 0.0127. The summed E-state index contributed by atoms with van der Waals surface area (Å²) in [6.45, 7) is 0. The first-order valence-electron chi connectivity index (χ1n) is 4.01. The van der Waals surface area contributed by atoms with Crippen molar-refractivity contribution in [2.45, 2.75) is 31.8 Å². The highest BCUT2D eigenvalue weighted by Gasteiger charge is 2.42. The summed E-state index contributed by atoms with van der Waals surface area (Å²) in [7, 11) is 0. The molecule has 0 aliphatic heterocycles. The van der Waals surface area contributed by atoms with Gasteiger partial charge in [0, 0.05) is 11.8 Å². The van der Waals surface area contributed by atoms with E-state index in [1.54, 1.807) is 0 Å². The largest absolute Gasteiger partial charge is 0.392 e. The van der Waals surface area contributed by atoms with Crippen LogP contribution in [0.25, 0.3) is 0 Å². The maximum absolute atomic E-state index is 11.2. The lowest BCUT2D eigenvalue weighted by atomic mass is 9.86. The standard InChI is InChI=1S/C8H12O2/c9-7-4-2-5-1-3-6(7)8(5)10/h5-7,9H,1-4H2/t5-,6+,7?/m1/s1. The van der Waals surface area contributed by atoms with Crippen LogP contribution >= 0.6 is 0 Å². The Bertz CT molecular complexity index is 165. The summed E-state index contributed by atoms with van der Waals surface area (Å²) in [6, 6.07) is 0. The quantitative estimate of drug-likeness (QED) is 0.538. The van der Waals surface area contributed by atoms with Crippen LogP contribution in [0.4, 0.5) is 0 Å². The van der Waals surface area contributed by atoms with Gasteiger partial charge >= 0.3 is 0 Å². The molecule has 10 heavy (non-hydrogen) atoms. The summed E-state index contributed by atoms with van der Waals surface area (Å²) >= 11 is 0. The SMILES string of the molecule is O=C1[C@H]2CCC(O)[C@@H]1CC2. The Labute approximate surface area is 60.2 Å². The van der Waals surface area contributed by atoms with Crippen LogP contribution < -0.4 is 0 Å². The van der Waals surface area contributed by atoms with Gasteiger partial charge in [0.05, 0.1) is 6.10 Å². The smallest absolute Gasteiger partial charge is 0.141 e. The summed E-state index contributed by atoms with van der Waals surface area (Å²) in [6.07, 6.45) is 3.43. The van der Waals surface area contributed by atoms with Crippen LogP contribution in [0.2, 0.25) is 0 Å². The van der Waals surface area contributed by atoms with Gasteiger partial charge in [0.1, 0.15) is 5.78 Å². The van der Waals surface area contributed by atoms with Crippen molar-refractivity contribution in [2.75, 3.05) is 0 Å². The summed E-state index contributed by atoms with van der Waals surface area (Å²) < 4.78 is 0. The van der Waals surface area contributed by atoms with Gasteiger partial charge in [-0.3, -0.25) is 4.79 Å². The van der Waals surface area contributed by atoms with Gasteiger partial charge in [0.2, 0.25) is 0 Å². The molecule has 2 nitrogen and oxygen atoms in total. The first-order valence-corrected chi connectivity index (χ1v) is 4.01. The number of carbonyl (C=O) groups is 1. The summed E-state index contributed by atoms with van der Waals surface area (Å²) in [5.41, 5.74) is 0. The van der Waals surface area contributed by atoms with Crippen LogP contribution in [-0.2, 0) is 4.79 Å². The fourth-order valence-corrected chi connectivity index (χ4v) is 2.21. The molecule has 2 aliphatic rings. The monoisotopic (exact) mass is 140 g/mol. The highest BCUT2D eigenvalue weighted by molar-refractivity contribution is 5.86. The van der Waals surface area contributed by atoms with Crippen molar-refractivity contribution in [3.8, 4) is 0 Å². The Balaban J connectivity index is 2.20. The van der Waals surface area contributed by atoms with Gasteiger partial charge in [-0.05, 0) is 25.7 Å². The number of ketones is 1. The van der Waals surface area contributed by atoms with Crippen LogP contribution in [0.3, 0.4) is 0 Å². The third-order valence-electron chi connectivity index (χ3n) is 2.87. The van der Waals surface area contributed by atoms with Crippen molar-refractivity contribution >= 4 is 5.78 Å². The lowest BCUT2D eigenvalue weighted by Crippen LogP contribution is -2.31. The molecule has 0 heterocycles.